The molecule has 1 heterocycles. The number of anilines is 3. The Hall–Kier alpha value is -2.26. The smallest absolute Gasteiger partial charge is 0.131 e. The molecule has 0 unspecified atom stereocenters. The van der Waals surface area contributed by atoms with Gasteiger partial charge in [0.2, 0.25) is 0 Å². The van der Waals surface area contributed by atoms with E-state index in [1.54, 1.807) is 18.2 Å². The normalized spacial score (nSPS) is 10.6. The van der Waals surface area contributed by atoms with Crippen molar-refractivity contribution in [2.45, 2.75) is 0 Å². The second-order valence-corrected chi connectivity index (χ2v) is 4.66. The number of nitrogens with zero attached hydrogens (tertiary/aromatic N) is 1. The lowest BCUT2D eigenvalue weighted by atomic mass is 10.2. The van der Waals surface area contributed by atoms with Crippen LogP contribution in [0, 0.1) is 0 Å². The highest BCUT2D eigenvalue weighted by molar-refractivity contribution is 6.33. The molecule has 0 aliphatic heterocycles. The van der Waals surface area contributed by atoms with Crippen LogP contribution in [0.2, 0.25) is 5.02 Å². The first-order chi connectivity index (χ1) is 9.22. The van der Waals surface area contributed by atoms with E-state index in [-0.39, 0.29) is 0 Å². The lowest BCUT2D eigenvalue weighted by molar-refractivity contribution is 1.37. The number of fused-ring (bicyclic) bond motifs is 1. The first kappa shape index (κ1) is 11.8. The third-order valence-corrected chi connectivity index (χ3v) is 3.18. The zero-order valence-corrected chi connectivity index (χ0v) is 10.9. The quantitative estimate of drug-likeness (QED) is 0.685. The molecule has 0 atom stereocenters. The summed E-state index contributed by atoms with van der Waals surface area (Å²) in [6.45, 7) is 0. The van der Waals surface area contributed by atoms with Crippen LogP contribution in [0.1, 0.15) is 0 Å². The lowest BCUT2D eigenvalue weighted by Crippen LogP contribution is -1.96. The van der Waals surface area contributed by atoms with Crippen molar-refractivity contribution < 1.29 is 0 Å². The molecule has 0 spiro atoms. The highest BCUT2D eigenvalue weighted by Crippen LogP contribution is 2.27. The van der Waals surface area contributed by atoms with Gasteiger partial charge in [0.1, 0.15) is 5.82 Å². The van der Waals surface area contributed by atoms with Crippen molar-refractivity contribution in [3.8, 4) is 0 Å². The minimum Gasteiger partial charge on any atom is -0.399 e. The summed E-state index contributed by atoms with van der Waals surface area (Å²) in [6, 6.07) is 17.2. The number of nitrogens with two attached hydrogens (primary N) is 1. The SMILES string of the molecule is Nc1ccc(Cl)c(Nc2ccc3ccccc3n2)c1. The summed E-state index contributed by atoms with van der Waals surface area (Å²) in [5.41, 5.74) is 8.10. The molecule has 0 radical (unpaired) electrons. The van der Waals surface area contributed by atoms with Crippen molar-refractivity contribution in [3.05, 3.63) is 59.6 Å². The van der Waals surface area contributed by atoms with Crippen molar-refractivity contribution in [3.63, 3.8) is 0 Å². The van der Waals surface area contributed by atoms with Crippen LogP contribution in [-0.2, 0) is 0 Å². The fourth-order valence-electron chi connectivity index (χ4n) is 1.91. The minimum absolute atomic E-state index is 0.615. The Labute approximate surface area is 116 Å². The summed E-state index contributed by atoms with van der Waals surface area (Å²) < 4.78 is 0. The molecule has 0 aliphatic carbocycles. The van der Waals surface area contributed by atoms with Crippen LogP contribution in [0.3, 0.4) is 0 Å². The Balaban J connectivity index is 1.98. The maximum Gasteiger partial charge on any atom is 0.131 e. The Morgan fingerprint density at radius 1 is 1.00 bits per heavy atom. The zero-order valence-electron chi connectivity index (χ0n) is 10.1. The largest absolute Gasteiger partial charge is 0.399 e. The van der Waals surface area contributed by atoms with Gasteiger partial charge >= 0.3 is 0 Å². The van der Waals surface area contributed by atoms with E-state index in [2.05, 4.69) is 10.3 Å². The molecule has 3 rings (SSSR count). The summed E-state index contributed by atoms with van der Waals surface area (Å²) >= 11 is 6.12. The average Bonchev–Trinajstić information content (AvgIpc) is 2.43. The molecule has 0 bridgehead atoms. The van der Waals surface area contributed by atoms with Crippen LogP contribution >= 0.6 is 11.6 Å². The van der Waals surface area contributed by atoms with Crippen LogP contribution in [-0.4, -0.2) is 4.98 Å². The monoisotopic (exact) mass is 269 g/mol. The van der Waals surface area contributed by atoms with Crippen LogP contribution in [0.4, 0.5) is 17.2 Å². The standard InChI is InChI=1S/C15H12ClN3/c16-12-7-6-11(17)9-14(12)19-15-8-5-10-3-1-2-4-13(10)18-15/h1-9H,17H2,(H,18,19). The minimum atomic E-state index is 0.615. The van der Waals surface area contributed by atoms with Crippen molar-refractivity contribution in [2.24, 2.45) is 0 Å². The van der Waals surface area contributed by atoms with Gasteiger partial charge in [-0.3, -0.25) is 0 Å². The first-order valence-corrected chi connectivity index (χ1v) is 6.28. The molecule has 3 N–H and O–H groups in total. The zero-order chi connectivity index (χ0) is 13.2. The van der Waals surface area contributed by atoms with Gasteiger partial charge in [0, 0.05) is 11.1 Å². The summed E-state index contributed by atoms with van der Waals surface area (Å²) in [6.07, 6.45) is 0. The van der Waals surface area contributed by atoms with E-state index in [1.165, 1.54) is 0 Å². The van der Waals surface area contributed by atoms with Gasteiger partial charge in [-0.2, -0.15) is 0 Å². The van der Waals surface area contributed by atoms with E-state index in [9.17, 15) is 0 Å². The van der Waals surface area contributed by atoms with E-state index in [1.807, 2.05) is 36.4 Å². The number of aromatic nitrogens is 1. The molecule has 3 aromatic rings. The Morgan fingerprint density at radius 3 is 2.74 bits per heavy atom. The van der Waals surface area contributed by atoms with Crippen molar-refractivity contribution in [1.82, 2.24) is 4.98 Å². The molecule has 0 fully saturated rings. The van der Waals surface area contributed by atoms with E-state index in [0.29, 0.717) is 10.7 Å². The molecule has 4 heteroatoms. The maximum absolute atomic E-state index is 6.12. The van der Waals surface area contributed by atoms with Crippen molar-refractivity contribution in [2.75, 3.05) is 11.1 Å². The molecule has 0 saturated carbocycles. The number of hydrogen-bond acceptors (Lipinski definition) is 3. The van der Waals surface area contributed by atoms with Gasteiger partial charge in [0.25, 0.3) is 0 Å². The molecular formula is C15H12ClN3. The number of nitrogen functional groups attached to an aromatic ring is 1. The van der Waals surface area contributed by atoms with Crippen LogP contribution in [0.5, 0.6) is 0 Å². The van der Waals surface area contributed by atoms with Crippen LogP contribution < -0.4 is 11.1 Å². The van der Waals surface area contributed by atoms with E-state index < -0.39 is 0 Å². The number of rotatable bonds is 2. The van der Waals surface area contributed by atoms with E-state index >= 15 is 0 Å². The number of benzene rings is 2. The van der Waals surface area contributed by atoms with Gasteiger partial charge in [0.05, 0.1) is 16.2 Å². The number of halogens is 1. The lowest BCUT2D eigenvalue weighted by Gasteiger charge is -2.09. The predicted molar refractivity (Wildman–Crippen MR) is 80.9 cm³/mol. The molecule has 0 amide bonds. The highest BCUT2D eigenvalue weighted by atomic mass is 35.5. The summed E-state index contributed by atoms with van der Waals surface area (Å²) in [5, 5.41) is 4.90. The third kappa shape index (κ3) is 2.46. The molecule has 19 heavy (non-hydrogen) atoms. The van der Waals surface area contributed by atoms with Gasteiger partial charge in [-0.15, -0.1) is 0 Å². The Bertz CT molecular complexity index is 740. The molecule has 2 aromatic carbocycles. The third-order valence-electron chi connectivity index (χ3n) is 2.85. The van der Waals surface area contributed by atoms with Gasteiger partial charge in [0.15, 0.2) is 0 Å². The van der Waals surface area contributed by atoms with E-state index in [0.717, 1.165) is 22.4 Å². The second-order valence-electron chi connectivity index (χ2n) is 4.25. The fourth-order valence-corrected chi connectivity index (χ4v) is 2.08. The van der Waals surface area contributed by atoms with Crippen molar-refractivity contribution >= 4 is 39.7 Å². The molecule has 0 aliphatic rings. The Morgan fingerprint density at radius 2 is 1.84 bits per heavy atom. The van der Waals surface area contributed by atoms with Gasteiger partial charge in [-0.1, -0.05) is 29.8 Å². The van der Waals surface area contributed by atoms with Gasteiger partial charge < -0.3 is 11.1 Å². The van der Waals surface area contributed by atoms with Crippen molar-refractivity contribution in [1.29, 1.82) is 0 Å². The first-order valence-electron chi connectivity index (χ1n) is 5.90. The summed E-state index contributed by atoms with van der Waals surface area (Å²) in [4.78, 5) is 4.53. The number of para-hydroxylation sites is 1. The van der Waals surface area contributed by atoms with Gasteiger partial charge in [-0.25, -0.2) is 4.98 Å². The maximum atomic E-state index is 6.12. The molecule has 94 valence electrons. The van der Waals surface area contributed by atoms with Gasteiger partial charge in [-0.05, 0) is 36.4 Å². The topological polar surface area (TPSA) is 50.9 Å². The molecule has 0 saturated heterocycles. The number of pyridine rings is 1. The molecule has 1 aromatic heterocycles. The predicted octanol–water partition coefficient (Wildman–Crippen LogP) is 4.21. The number of nitrogens with one attached hydrogen (secondary N) is 1. The second kappa shape index (κ2) is 4.78. The van der Waals surface area contributed by atoms with Crippen LogP contribution in [0.15, 0.2) is 54.6 Å². The molecular weight excluding hydrogens is 258 g/mol. The average molecular weight is 270 g/mol. The Kier molecular flexibility index (Phi) is 2.97. The fraction of sp³-hybridized carbons (Fsp3) is 0. The molecule has 3 nitrogen and oxygen atoms in total. The number of hydrogen-bond donors (Lipinski definition) is 2. The summed E-state index contributed by atoms with van der Waals surface area (Å²) in [5.74, 6) is 0.742. The highest BCUT2D eigenvalue weighted by Gasteiger charge is 2.03. The van der Waals surface area contributed by atoms with E-state index in [4.69, 9.17) is 17.3 Å². The van der Waals surface area contributed by atoms with Crippen LogP contribution in [0.25, 0.3) is 10.9 Å². The summed E-state index contributed by atoms with van der Waals surface area (Å²) in [7, 11) is 0.